The number of benzene rings is 2. The van der Waals surface area contributed by atoms with Crippen LogP contribution in [0.25, 0.3) is 0 Å². The molecule has 2 aromatic carbocycles. The van der Waals surface area contributed by atoms with E-state index in [4.69, 9.17) is 39.5 Å². The molecule has 0 spiro atoms. The highest BCUT2D eigenvalue weighted by Gasteiger charge is 2.09. The molecule has 0 amide bonds. The van der Waals surface area contributed by atoms with Crippen molar-refractivity contribution in [1.29, 1.82) is 0 Å². The molecule has 2 rings (SSSR count). The molecule has 106 valence electrons. The average molecular weight is 331 g/mol. The summed E-state index contributed by atoms with van der Waals surface area (Å²) < 4.78 is 5.72. The SMILES string of the molecule is CNC(C)c1ccc(Oc2cc(Cl)cc(Cl)c2)cc1Cl. The smallest absolute Gasteiger partial charge is 0.130 e. The molecule has 0 aliphatic heterocycles. The summed E-state index contributed by atoms with van der Waals surface area (Å²) in [6, 6.07) is 10.8. The monoisotopic (exact) mass is 329 g/mol. The van der Waals surface area contributed by atoms with Gasteiger partial charge in [0.2, 0.25) is 0 Å². The lowest BCUT2D eigenvalue weighted by Gasteiger charge is -2.14. The van der Waals surface area contributed by atoms with Gasteiger partial charge in [0.05, 0.1) is 0 Å². The molecule has 0 aliphatic rings. The molecule has 0 aliphatic carbocycles. The number of nitrogens with one attached hydrogen (secondary N) is 1. The van der Waals surface area contributed by atoms with Gasteiger partial charge in [-0.05, 0) is 49.9 Å². The van der Waals surface area contributed by atoms with Crippen LogP contribution >= 0.6 is 34.8 Å². The van der Waals surface area contributed by atoms with E-state index in [-0.39, 0.29) is 6.04 Å². The van der Waals surface area contributed by atoms with Crippen LogP contribution in [-0.2, 0) is 0 Å². The zero-order valence-electron chi connectivity index (χ0n) is 11.1. The summed E-state index contributed by atoms with van der Waals surface area (Å²) in [4.78, 5) is 0. The molecule has 0 saturated heterocycles. The summed E-state index contributed by atoms with van der Waals surface area (Å²) in [6.45, 7) is 2.04. The van der Waals surface area contributed by atoms with E-state index in [1.54, 1.807) is 24.3 Å². The van der Waals surface area contributed by atoms with Crippen molar-refractivity contribution in [1.82, 2.24) is 5.32 Å². The Labute approximate surface area is 133 Å². The zero-order chi connectivity index (χ0) is 14.7. The van der Waals surface area contributed by atoms with Gasteiger partial charge in [0, 0.05) is 21.1 Å². The summed E-state index contributed by atoms with van der Waals surface area (Å²) in [5, 5.41) is 4.85. The van der Waals surface area contributed by atoms with E-state index in [0.717, 1.165) is 5.56 Å². The second-order valence-electron chi connectivity index (χ2n) is 4.40. The van der Waals surface area contributed by atoms with E-state index in [2.05, 4.69) is 5.32 Å². The fourth-order valence-electron chi connectivity index (χ4n) is 1.80. The van der Waals surface area contributed by atoms with Gasteiger partial charge < -0.3 is 10.1 Å². The first-order valence-corrected chi connectivity index (χ1v) is 7.23. The minimum absolute atomic E-state index is 0.178. The fourth-order valence-corrected chi connectivity index (χ4v) is 2.64. The van der Waals surface area contributed by atoms with Crippen LogP contribution in [0.15, 0.2) is 36.4 Å². The Kier molecular flexibility index (Phi) is 5.17. The largest absolute Gasteiger partial charge is 0.457 e. The van der Waals surface area contributed by atoms with E-state index in [9.17, 15) is 0 Å². The van der Waals surface area contributed by atoms with Crippen molar-refractivity contribution in [2.24, 2.45) is 0 Å². The van der Waals surface area contributed by atoms with Gasteiger partial charge in [-0.3, -0.25) is 0 Å². The predicted molar refractivity (Wildman–Crippen MR) is 85.5 cm³/mol. The molecule has 2 aromatic rings. The van der Waals surface area contributed by atoms with Crippen molar-refractivity contribution in [3.8, 4) is 11.5 Å². The van der Waals surface area contributed by atoms with Gasteiger partial charge in [0.1, 0.15) is 11.5 Å². The minimum atomic E-state index is 0.178. The Bertz CT molecular complexity index is 596. The van der Waals surface area contributed by atoms with E-state index >= 15 is 0 Å². The number of ether oxygens (including phenoxy) is 1. The van der Waals surface area contributed by atoms with Gasteiger partial charge in [-0.15, -0.1) is 0 Å². The van der Waals surface area contributed by atoms with Gasteiger partial charge in [-0.25, -0.2) is 0 Å². The molecule has 20 heavy (non-hydrogen) atoms. The minimum Gasteiger partial charge on any atom is -0.457 e. The maximum Gasteiger partial charge on any atom is 0.130 e. The Morgan fingerprint density at radius 3 is 2.15 bits per heavy atom. The van der Waals surface area contributed by atoms with Crippen molar-refractivity contribution in [2.75, 3.05) is 7.05 Å². The van der Waals surface area contributed by atoms with E-state index in [1.165, 1.54) is 0 Å². The molecular formula is C15H14Cl3NO. The summed E-state index contributed by atoms with van der Waals surface area (Å²) in [7, 11) is 1.89. The van der Waals surface area contributed by atoms with Crippen LogP contribution in [0.1, 0.15) is 18.5 Å². The highest BCUT2D eigenvalue weighted by molar-refractivity contribution is 6.34. The summed E-state index contributed by atoms with van der Waals surface area (Å²) in [6.07, 6.45) is 0. The Balaban J connectivity index is 2.24. The highest BCUT2D eigenvalue weighted by atomic mass is 35.5. The molecule has 2 nitrogen and oxygen atoms in total. The maximum absolute atomic E-state index is 6.26. The summed E-state index contributed by atoms with van der Waals surface area (Å²) >= 11 is 18.1. The third-order valence-electron chi connectivity index (χ3n) is 2.94. The normalized spacial score (nSPS) is 12.2. The fraction of sp³-hybridized carbons (Fsp3) is 0.200. The van der Waals surface area contributed by atoms with E-state index in [1.807, 2.05) is 26.1 Å². The third kappa shape index (κ3) is 3.80. The topological polar surface area (TPSA) is 21.3 Å². The van der Waals surface area contributed by atoms with Crippen molar-refractivity contribution in [3.05, 3.63) is 57.0 Å². The first-order valence-electron chi connectivity index (χ1n) is 6.10. The van der Waals surface area contributed by atoms with Crippen molar-refractivity contribution < 1.29 is 4.74 Å². The molecule has 1 atom stereocenters. The highest BCUT2D eigenvalue weighted by Crippen LogP contribution is 2.32. The van der Waals surface area contributed by atoms with Crippen molar-refractivity contribution in [2.45, 2.75) is 13.0 Å². The van der Waals surface area contributed by atoms with Crippen LogP contribution in [0.3, 0.4) is 0 Å². The maximum atomic E-state index is 6.26. The second kappa shape index (κ2) is 6.68. The van der Waals surface area contributed by atoms with Crippen LogP contribution in [0.5, 0.6) is 11.5 Å². The number of hydrogen-bond donors (Lipinski definition) is 1. The second-order valence-corrected chi connectivity index (χ2v) is 5.68. The zero-order valence-corrected chi connectivity index (χ0v) is 13.4. The van der Waals surface area contributed by atoms with Gasteiger partial charge in [0.25, 0.3) is 0 Å². The van der Waals surface area contributed by atoms with Gasteiger partial charge >= 0.3 is 0 Å². The van der Waals surface area contributed by atoms with E-state index in [0.29, 0.717) is 26.6 Å². The Hall–Kier alpha value is -0.930. The third-order valence-corrected chi connectivity index (χ3v) is 3.71. The van der Waals surface area contributed by atoms with Crippen LogP contribution < -0.4 is 10.1 Å². The lowest BCUT2D eigenvalue weighted by Crippen LogP contribution is -2.12. The van der Waals surface area contributed by atoms with Gasteiger partial charge in [0.15, 0.2) is 0 Å². The molecule has 0 bridgehead atoms. The van der Waals surface area contributed by atoms with E-state index < -0.39 is 0 Å². The molecule has 0 saturated carbocycles. The van der Waals surface area contributed by atoms with Gasteiger partial charge in [-0.2, -0.15) is 0 Å². The molecular weight excluding hydrogens is 317 g/mol. The Morgan fingerprint density at radius 2 is 1.60 bits per heavy atom. The number of halogens is 3. The van der Waals surface area contributed by atoms with Crippen LogP contribution in [0.4, 0.5) is 0 Å². The molecule has 1 unspecified atom stereocenters. The first-order chi connectivity index (χ1) is 9.49. The number of rotatable bonds is 4. The quantitative estimate of drug-likeness (QED) is 0.774. The average Bonchev–Trinajstić information content (AvgIpc) is 2.36. The summed E-state index contributed by atoms with van der Waals surface area (Å²) in [5.74, 6) is 1.22. The summed E-state index contributed by atoms with van der Waals surface area (Å²) in [5.41, 5.74) is 1.02. The van der Waals surface area contributed by atoms with Gasteiger partial charge in [-0.1, -0.05) is 40.9 Å². The Morgan fingerprint density at radius 1 is 0.950 bits per heavy atom. The molecule has 0 fully saturated rings. The number of hydrogen-bond acceptors (Lipinski definition) is 2. The molecule has 5 heteroatoms. The van der Waals surface area contributed by atoms with Crippen LogP contribution in [-0.4, -0.2) is 7.05 Å². The first kappa shape index (κ1) is 15.5. The molecule has 0 aromatic heterocycles. The van der Waals surface area contributed by atoms with Crippen LogP contribution in [0.2, 0.25) is 15.1 Å². The van der Waals surface area contributed by atoms with Crippen molar-refractivity contribution in [3.63, 3.8) is 0 Å². The predicted octanol–water partition coefficient (Wildman–Crippen LogP) is 5.72. The molecule has 1 N–H and O–H groups in total. The van der Waals surface area contributed by atoms with Crippen LogP contribution in [0, 0.1) is 0 Å². The molecule has 0 heterocycles. The lowest BCUT2D eigenvalue weighted by atomic mass is 10.1. The lowest BCUT2D eigenvalue weighted by molar-refractivity contribution is 0.482. The molecule has 0 radical (unpaired) electrons. The standard InChI is InChI=1S/C15H14Cl3NO/c1-9(19-2)14-4-3-12(8-15(14)18)20-13-6-10(16)5-11(17)7-13/h3-9,19H,1-2H3. The van der Waals surface area contributed by atoms with Crippen molar-refractivity contribution >= 4 is 34.8 Å².